The average molecular weight is 306 g/mol. The maximum Gasteiger partial charge on any atom is 0.222 e. The summed E-state index contributed by atoms with van der Waals surface area (Å²) in [5.74, 6) is -0.265. The first-order chi connectivity index (χ1) is 10.1. The SMILES string of the molecule is CN(Cc1ccc(Cl)cc1)C(=O)CCc1ccccc1F. The molecule has 0 aliphatic heterocycles. The van der Waals surface area contributed by atoms with Gasteiger partial charge in [0.2, 0.25) is 5.91 Å². The molecule has 2 nitrogen and oxygen atoms in total. The van der Waals surface area contributed by atoms with E-state index in [1.165, 1.54) is 6.07 Å². The van der Waals surface area contributed by atoms with E-state index in [4.69, 9.17) is 11.6 Å². The Hall–Kier alpha value is -1.87. The highest BCUT2D eigenvalue weighted by Crippen LogP contribution is 2.13. The Morgan fingerprint density at radius 1 is 1.14 bits per heavy atom. The number of carbonyl (C=O) groups is 1. The van der Waals surface area contributed by atoms with Crippen molar-refractivity contribution in [1.29, 1.82) is 0 Å². The van der Waals surface area contributed by atoms with Crippen LogP contribution < -0.4 is 0 Å². The van der Waals surface area contributed by atoms with Crippen molar-refractivity contribution in [2.24, 2.45) is 0 Å². The fraction of sp³-hybridized carbons (Fsp3) is 0.235. The Morgan fingerprint density at radius 2 is 1.81 bits per heavy atom. The van der Waals surface area contributed by atoms with Crippen LogP contribution in [0.1, 0.15) is 17.5 Å². The minimum Gasteiger partial charge on any atom is -0.341 e. The molecule has 2 aromatic carbocycles. The molecule has 0 saturated heterocycles. The normalized spacial score (nSPS) is 10.4. The third-order valence-electron chi connectivity index (χ3n) is 3.32. The van der Waals surface area contributed by atoms with Gasteiger partial charge in [-0.2, -0.15) is 0 Å². The third-order valence-corrected chi connectivity index (χ3v) is 3.58. The van der Waals surface area contributed by atoms with E-state index in [1.807, 2.05) is 12.1 Å². The van der Waals surface area contributed by atoms with Crippen molar-refractivity contribution < 1.29 is 9.18 Å². The number of rotatable bonds is 5. The summed E-state index contributed by atoms with van der Waals surface area (Å²) < 4.78 is 13.5. The highest BCUT2D eigenvalue weighted by Gasteiger charge is 2.11. The molecule has 1 amide bonds. The Labute approximate surface area is 129 Å². The zero-order chi connectivity index (χ0) is 15.2. The van der Waals surface area contributed by atoms with Gasteiger partial charge in [-0.15, -0.1) is 0 Å². The minimum absolute atomic E-state index is 0.00629. The summed E-state index contributed by atoms with van der Waals surface area (Å²) in [6.45, 7) is 0.521. The molecule has 0 spiro atoms. The summed E-state index contributed by atoms with van der Waals surface area (Å²) in [7, 11) is 1.75. The second kappa shape index (κ2) is 7.23. The van der Waals surface area contributed by atoms with Gasteiger partial charge in [-0.05, 0) is 35.7 Å². The molecule has 0 bridgehead atoms. The zero-order valence-electron chi connectivity index (χ0n) is 11.9. The summed E-state index contributed by atoms with van der Waals surface area (Å²) >= 11 is 5.83. The van der Waals surface area contributed by atoms with Crippen LogP contribution in [-0.4, -0.2) is 17.9 Å². The topological polar surface area (TPSA) is 20.3 Å². The lowest BCUT2D eigenvalue weighted by Crippen LogP contribution is -2.26. The van der Waals surface area contributed by atoms with E-state index < -0.39 is 0 Å². The summed E-state index contributed by atoms with van der Waals surface area (Å²) in [6, 6.07) is 13.9. The van der Waals surface area contributed by atoms with Crippen molar-refractivity contribution in [2.45, 2.75) is 19.4 Å². The van der Waals surface area contributed by atoms with Crippen molar-refractivity contribution in [2.75, 3.05) is 7.05 Å². The van der Waals surface area contributed by atoms with E-state index in [9.17, 15) is 9.18 Å². The molecule has 0 aliphatic rings. The van der Waals surface area contributed by atoms with Gasteiger partial charge in [0.15, 0.2) is 0 Å². The van der Waals surface area contributed by atoms with Crippen LogP contribution in [0, 0.1) is 5.82 Å². The molecule has 0 fully saturated rings. The predicted molar refractivity (Wildman–Crippen MR) is 82.6 cm³/mol. The Kier molecular flexibility index (Phi) is 5.34. The highest BCUT2D eigenvalue weighted by molar-refractivity contribution is 6.30. The van der Waals surface area contributed by atoms with Gasteiger partial charge in [0.05, 0.1) is 0 Å². The van der Waals surface area contributed by atoms with Crippen LogP contribution in [0.3, 0.4) is 0 Å². The molecule has 0 atom stereocenters. The summed E-state index contributed by atoms with van der Waals surface area (Å²) in [5, 5.41) is 0.673. The molecule has 0 aromatic heterocycles. The van der Waals surface area contributed by atoms with Crippen molar-refractivity contribution in [1.82, 2.24) is 4.90 Å². The van der Waals surface area contributed by atoms with Crippen LogP contribution in [0.2, 0.25) is 5.02 Å². The van der Waals surface area contributed by atoms with Crippen molar-refractivity contribution in [3.8, 4) is 0 Å². The van der Waals surface area contributed by atoms with Gasteiger partial charge in [0, 0.05) is 25.0 Å². The Morgan fingerprint density at radius 3 is 2.48 bits per heavy atom. The van der Waals surface area contributed by atoms with Crippen molar-refractivity contribution in [3.05, 3.63) is 70.5 Å². The number of benzene rings is 2. The summed E-state index contributed by atoms with van der Waals surface area (Å²) in [5.41, 5.74) is 1.59. The molecule has 4 heteroatoms. The monoisotopic (exact) mass is 305 g/mol. The largest absolute Gasteiger partial charge is 0.341 e. The molecular formula is C17H17ClFNO. The molecule has 0 N–H and O–H groups in total. The predicted octanol–water partition coefficient (Wildman–Crippen LogP) is 4.07. The van der Waals surface area contributed by atoms with Gasteiger partial charge in [0.1, 0.15) is 5.82 Å². The fourth-order valence-corrected chi connectivity index (χ4v) is 2.21. The van der Waals surface area contributed by atoms with Gasteiger partial charge >= 0.3 is 0 Å². The standard InChI is InChI=1S/C17H17ClFNO/c1-20(12-13-6-9-15(18)10-7-13)17(21)11-8-14-4-2-3-5-16(14)19/h2-7,9-10H,8,11-12H2,1H3. The lowest BCUT2D eigenvalue weighted by molar-refractivity contribution is -0.130. The Balaban J connectivity index is 1.88. The number of hydrogen-bond donors (Lipinski definition) is 0. The quantitative estimate of drug-likeness (QED) is 0.815. The number of halogens is 2. The molecule has 0 heterocycles. The van der Waals surface area contributed by atoms with Gasteiger partial charge in [-0.3, -0.25) is 4.79 Å². The van der Waals surface area contributed by atoms with Gasteiger partial charge in [0.25, 0.3) is 0 Å². The first kappa shape index (κ1) is 15.5. The molecule has 0 radical (unpaired) electrons. The smallest absolute Gasteiger partial charge is 0.222 e. The lowest BCUT2D eigenvalue weighted by atomic mass is 10.1. The molecular weight excluding hydrogens is 289 g/mol. The van der Waals surface area contributed by atoms with Crippen molar-refractivity contribution >= 4 is 17.5 Å². The second-order valence-electron chi connectivity index (χ2n) is 4.97. The first-order valence-electron chi connectivity index (χ1n) is 6.78. The lowest BCUT2D eigenvalue weighted by Gasteiger charge is -2.17. The first-order valence-corrected chi connectivity index (χ1v) is 7.16. The molecule has 2 rings (SSSR count). The van der Waals surface area contributed by atoms with Crippen LogP contribution in [0.4, 0.5) is 4.39 Å². The molecule has 0 aliphatic carbocycles. The van der Waals surface area contributed by atoms with Gasteiger partial charge in [-0.1, -0.05) is 41.9 Å². The summed E-state index contributed by atoms with van der Waals surface area (Å²) in [4.78, 5) is 13.7. The van der Waals surface area contributed by atoms with E-state index in [2.05, 4.69) is 0 Å². The third kappa shape index (κ3) is 4.57. The molecule has 0 saturated carbocycles. The average Bonchev–Trinajstić information content (AvgIpc) is 2.48. The maximum atomic E-state index is 13.5. The fourth-order valence-electron chi connectivity index (χ4n) is 2.09. The van der Waals surface area contributed by atoms with Crippen LogP contribution in [0.25, 0.3) is 0 Å². The Bertz CT molecular complexity index is 612. The van der Waals surface area contributed by atoms with E-state index in [-0.39, 0.29) is 11.7 Å². The molecule has 110 valence electrons. The maximum absolute atomic E-state index is 13.5. The van der Waals surface area contributed by atoms with E-state index in [0.717, 1.165) is 5.56 Å². The van der Waals surface area contributed by atoms with E-state index in [0.29, 0.717) is 30.0 Å². The van der Waals surface area contributed by atoms with E-state index in [1.54, 1.807) is 42.3 Å². The highest BCUT2D eigenvalue weighted by atomic mass is 35.5. The second-order valence-corrected chi connectivity index (χ2v) is 5.40. The molecule has 2 aromatic rings. The summed E-state index contributed by atoms with van der Waals surface area (Å²) in [6.07, 6.45) is 0.710. The van der Waals surface area contributed by atoms with Gasteiger partial charge < -0.3 is 4.90 Å². The van der Waals surface area contributed by atoms with Crippen molar-refractivity contribution in [3.63, 3.8) is 0 Å². The number of aryl methyl sites for hydroxylation is 1. The van der Waals surface area contributed by atoms with Gasteiger partial charge in [-0.25, -0.2) is 4.39 Å². The molecule has 0 unspecified atom stereocenters. The number of amides is 1. The number of nitrogens with zero attached hydrogens (tertiary/aromatic N) is 1. The van der Waals surface area contributed by atoms with Crippen LogP contribution in [0.5, 0.6) is 0 Å². The van der Waals surface area contributed by atoms with Crippen LogP contribution in [-0.2, 0) is 17.8 Å². The van der Waals surface area contributed by atoms with Crippen LogP contribution >= 0.6 is 11.6 Å². The van der Waals surface area contributed by atoms with E-state index >= 15 is 0 Å². The molecule has 21 heavy (non-hydrogen) atoms. The number of carbonyl (C=O) groups excluding carboxylic acids is 1. The number of hydrogen-bond acceptors (Lipinski definition) is 1. The minimum atomic E-state index is -0.259. The zero-order valence-corrected chi connectivity index (χ0v) is 12.6. The van der Waals surface area contributed by atoms with Crippen LogP contribution in [0.15, 0.2) is 48.5 Å².